The number of hydrogen-bond acceptors (Lipinski definition) is 2. The summed E-state index contributed by atoms with van der Waals surface area (Å²) in [5.74, 6) is 0.0175. The predicted molar refractivity (Wildman–Crippen MR) is 54.5 cm³/mol. The fourth-order valence-corrected chi connectivity index (χ4v) is 1.13. The summed E-state index contributed by atoms with van der Waals surface area (Å²) >= 11 is 0. The Morgan fingerprint density at radius 1 is 1.43 bits per heavy atom. The van der Waals surface area contributed by atoms with E-state index in [2.05, 4.69) is 10.6 Å². The van der Waals surface area contributed by atoms with Crippen LogP contribution in [0.4, 0.5) is 0 Å². The molecular weight excluding hydrogens is 176 g/mol. The van der Waals surface area contributed by atoms with E-state index >= 15 is 0 Å². The summed E-state index contributed by atoms with van der Waals surface area (Å²) in [4.78, 5) is 0. The van der Waals surface area contributed by atoms with Crippen LogP contribution < -0.4 is 10.6 Å². The summed E-state index contributed by atoms with van der Waals surface area (Å²) in [5.41, 5.74) is 1.08. The Bertz CT molecular complexity index is 339. The summed E-state index contributed by atoms with van der Waals surface area (Å²) in [6.07, 6.45) is 1.69. The van der Waals surface area contributed by atoms with Crippen LogP contribution in [0.1, 0.15) is 18.5 Å². The largest absolute Gasteiger partial charge is 0.349 e. The molecule has 0 saturated carbocycles. The lowest BCUT2D eigenvalue weighted by atomic mass is 10.1. The maximum Gasteiger partial charge on any atom is 0.202 e. The second kappa shape index (κ2) is 4.87. The van der Waals surface area contributed by atoms with E-state index in [4.69, 9.17) is 10.7 Å². The van der Waals surface area contributed by atoms with Crippen LogP contribution >= 0.6 is 0 Å². The van der Waals surface area contributed by atoms with Gasteiger partial charge >= 0.3 is 0 Å². The van der Waals surface area contributed by atoms with Crippen molar-refractivity contribution in [3.05, 3.63) is 35.9 Å². The van der Waals surface area contributed by atoms with Gasteiger partial charge in [-0.3, -0.25) is 10.7 Å². The number of rotatable bonds is 2. The molecule has 0 aliphatic carbocycles. The van der Waals surface area contributed by atoms with Crippen LogP contribution in [0.25, 0.3) is 0 Å². The SMILES string of the molecule is CC(NC(=N)NC#N)c1ccccc1. The Labute approximate surface area is 83.1 Å². The topological polar surface area (TPSA) is 71.7 Å². The predicted octanol–water partition coefficient (Wildman–Crippen LogP) is 1.34. The van der Waals surface area contributed by atoms with Crippen LogP contribution in [0, 0.1) is 16.9 Å². The molecule has 0 spiro atoms. The fraction of sp³-hybridized carbons (Fsp3) is 0.200. The Balaban J connectivity index is 2.56. The second-order valence-corrected chi connectivity index (χ2v) is 2.89. The molecule has 0 bridgehead atoms. The highest BCUT2D eigenvalue weighted by Crippen LogP contribution is 2.10. The summed E-state index contributed by atoms with van der Waals surface area (Å²) in [6.45, 7) is 1.93. The molecule has 0 radical (unpaired) electrons. The molecule has 0 aliphatic heterocycles. The molecule has 14 heavy (non-hydrogen) atoms. The Morgan fingerprint density at radius 2 is 2.07 bits per heavy atom. The minimum atomic E-state index is 0.0175. The standard InChI is InChI=1S/C10H12N4/c1-8(14-10(12)13-7-11)9-5-3-2-4-6-9/h2-6,8H,1H3,(H3,12,13,14). The van der Waals surface area contributed by atoms with Crippen LogP contribution in [0.3, 0.4) is 0 Å². The molecule has 0 aromatic heterocycles. The van der Waals surface area contributed by atoms with Crippen LogP contribution in [0.5, 0.6) is 0 Å². The molecule has 0 fully saturated rings. The highest BCUT2D eigenvalue weighted by Gasteiger charge is 2.04. The summed E-state index contributed by atoms with van der Waals surface area (Å²) < 4.78 is 0. The first kappa shape index (κ1) is 10.1. The number of hydrogen-bond donors (Lipinski definition) is 3. The minimum Gasteiger partial charge on any atom is -0.349 e. The monoisotopic (exact) mass is 188 g/mol. The molecule has 0 heterocycles. The molecule has 0 aliphatic rings. The average molecular weight is 188 g/mol. The number of guanidine groups is 1. The third-order valence-electron chi connectivity index (χ3n) is 1.84. The second-order valence-electron chi connectivity index (χ2n) is 2.89. The third-order valence-corrected chi connectivity index (χ3v) is 1.84. The highest BCUT2D eigenvalue weighted by molar-refractivity contribution is 5.78. The molecule has 1 aromatic rings. The molecule has 0 amide bonds. The quantitative estimate of drug-likeness (QED) is 0.284. The van der Waals surface area contributed by atoms with Gasteiger partial charge in [0.05, 0.1) is 6.04 Å². The van der Waals surface area contributed by atoms with E-state index in [0.717, 1.165) is 5.56 Å². The summed E-state index contributed by atoms with van der Waals surface area (Å²) in [5, 5.41) is 20.7. The van der Waals surface area contributed by atoms with E-state index < -0.39 is 0 Å². The van der Waals surface area contributed by atoms with E-state index in [1.807, 2.05) is 37.3 Å². The number of nitriles is 1. The van der Waals surface area contributed by atoms with Gasteiger partial charge in [-0.15, -0.1) is 0 Å². The van der Waals surface area contributed by atoms with Gasteiger partial charge in [-0.1, -0.05) is 30.3 Å². The lowest BCUT2D eigenvalue weighted by molar-refractivity contribution is 0.701. The summed E-state index contributed by atoms with van der Waals surface area (Å²) in [6, 6.07) is 9.78. The Hall–Kier alpha value is -2.02. The van der Waals surface area contributed by atoms with Gasteiger partial charge < -0.3 is 5.32 Å². The van der Waals surface area contributed by atoms with Gasteiger partial charge in [-0.05, 0) is 12.5 Å². The van der Waals surface area contributed by atoms with Crippen molar-refractivity contribution in [1.82, 2.24) is 10.6 Å². The van der Waals surface area contributed by atoms with Crippen molar-refractivity contribution in [3.63, 3.8) is 0 Å². The van der Waals surface area contributed by atoms with E-state index in [1.54, 1.807) is 6.19 Å². The normalized spacial score (nSPS) is 11.1. The van der Waals surface area contributed by atoms with E-state index in [0.29, 0.717) is 0 Å². The number of nitrogens with zero attached hydrogens (tertiary/aromatic N) is 1. The molecule has 1 unspecified atom stereocenters. The van der Waals surface area contributed by atoms with E-state index in [-0.39, 0.29) is 12.0 Å². The first-order valence-corrected chi connectivity index (χ1v) is 4.29. The molecule has 1 atom stereocenters. The van der Waals surface area contributed by atoms with Crippen molar-refractivity contribution < 1.29 is 0 Å². The molecule has 3 N–H and O–H groups in total. The molecule has 4 heteroatoms. The van der Waals surface area contributed by atoms with Crippen LogP contribution in [0.2, 0.25) is 0 Å². The molecular formula is C10H12N4. The van der Waals surface area contributed by atoms with Gasteiger partial charge in [-0.2, -0.15) is 5.26 Å². The zero-order valence-corrected chi connectivity index (χ0v) is 7.91. The van der Waals surface area contributed by atoms with Gasteiger partial charge in [0.15, 0.2) is 6.19 Å². The molecule has 72 valence electrons. The van der Waals surface area contributed by atoms with Crippen molar-refractivity contribution in [3.8, 4) is 6.19 Å². The maximum absolute atomic E-state index is 8.28. The fourth-order valence-electron chi connectivity index (χ4n) is 1.13. The average Bonchev–Trinajstić information content (AvgIpc) is 2.19. The zero-order chi connectivity index (χ0) is 10.4. The van der Waals surface area contributed by atoms with Crippen molar-refractivity contribution in [2.24, 2.45) is 0 Å². The first-order chi connectivity index (χ1) is 6.74. The molecule has 1 rings (SSSR count). The van der Waals surface area contributed by atoms with Gasteiger partial charge in [0.1, 0.15) is 0 Å². The maximum atomic E-state index is 8.28. The van der Waals surface area contributed by atoms with Gasteiger partial charge in [0, 0.05) is 0 Å². The Kier molecular flexibility index (Phi) is 3.50. The Morgan fingerprint density at radius 3 is 2.64 bits per heavy atom. The zero-order valence-electron chi connectivity index (χ0n) is 7.91. The molecule has 0 saturated heterocycles. The van der Waals surface area contributed by atoms with Crippen LogP contribution in [-0.2, 0) is 0 Å². The highest BCUT2D eigenvalue weighted by atomic mass is 15.1. The van der Waals surface area contributed by atoms with Crippen LogP contribution in [-0.4, -0.2) is 5.96 Å². The van der Waals surface area contributed by atoms with E-state index in [9.17, 15) is 0 Å². The van der Waals surface area contributed by atoms with Crippen molar-refractivity contribution >= 4 is 5.96 Å². The summed E-state index contributed by atoms with van der Waals surface area (Å²) in [7, 11) is 0. The van der Waals surface area contributed by atoms with Crippen molar-refractivity contribution in [2.75, 3.05) is 0 Å². The van der Waals surface area contributed by atoms with Gasteiger partial charge in [0.25, 0.3) is 0 Å². The van der Waals surface area contributed by atoms with Crippen molar-refractivity contribution in [2.45, 2.75) is 13.0 Å². The smallest absolute Gasteiger partial charge is 0.202 e. The molecule has 4 nitrogen and oxygen atoms in total. The van der Waals surface area contributed by atoms with Crippen molar-refractivity contribution in [1.29, 1.82) is 10.7 Å². The third kappa shape index (κ3) is 2.79. The van der Waals surface area contributed by atoms with Crippen LogP contribution in [0.15, 0.2) is 30.3 Å². The lowest BCUT2D eigenvalue weighted by Crippen LogP contribution is -2.35. The lowest BCUT2D eigenvalue weighted by Gasteiger charge is -2.14. The first-order valence-electron chi connectivity index (χ1n) is 4.29. The minimum absolute atomic E-state index is 0.0175. The van der Waals surface area contributed by atoms with Gasteiger partial charge in [-0.25, -0.2) is 0 Å². The number of benzene rings is 1. The van der Waals surface area contributed by atoms with Gasteiger partial charge in [0.2, 0.25) is 5.96 Å². The molecule has 1 aromatic carbocycles. The van der Waals surface area contributed by atoms with E-state index in [1.165, 1.54) is 0 Å². The number of nitrogens with one attached hydrogen (secondary N) is 3.